The Balaban J connectivity index is 1.49. The molecule has 0 saturated carbocycles. The highest BCUT2D eigenvalue weighted by Gasteiger charge is 2.26. The van der Waals surface area contributed by atoms with E-state index in [4.69, 9.17) is 0 Å². The van der Waals surface area contributed by atoms with Gasteiger partial charge in [0.15, 0.2) is 0 Å². The quantitative estimate of drug-likeness (QED) is 0.481. The fourth-order valence-electron chi connectivity index (χ4n) is 4.31. The lowest BCUT2D eigenvalue weighted by Crippen LogP contribution is -2.31. The van der Waals surface area contributed by atoms with E-state index in [0.29, 0.717) is 65.3 Å². The summed E-state index contributed by atoms with van der Waals surface area (Å²) in [4.78, 5) is 42.0. The maximum atomic E-state index is 12.8. The van der Waals surface area contributed by atoms with Gasteiger partial charge in [-0.3, -0.25) is 14.4 Å². The Bertz CT molecular complexity index is 1180. The maximum absolute atomic E-state index is 12.8. The van der Waals surface area contributed by atoms with E-state index >= 15 is 0 Å². The summed E-state index contributed by atoms with van der Waals surface area (Å²) in [5, 5.41) is 14.9. The molecule has 164 valence electrons. The zero-order chi connectivity index (χ0) is 22.8. The molecular formula is C24H25N5O3. The molecule has 1 saturated heterocycles. The second kappa shape index (κ2) is 8.71. The number of aryl methyl sites for hydroxylation is 1. The van der Waals surface area contributed by atoms with E-state index < -0.39 is 0 Å². The van der Waals surface area contributed by atoms with Gasteiger partial charge in [-0.2, -0.15) is 5.26 Å². The van der Waals surface area contributed by atoms with Gasteiger partial charge in [-0.05, 0) is 56.5 Å². The molecular weight excluding hydrogens is 406 g/mol. The van der Waals surface area contributed by atoms with Crippen LogP contribution in [0.2, 0.25) is 0 Å². The van der Waals surface area contributed by atoms with Crippen molar-refractivity contribution in [3.63, 3.8) is 0 Å². The molecule has 0 bridgehead atoms. The van der Waals surface area contributed by atoms with Crippen molar-refractivity contribution in [3.05, 3.63) is 51.8 Å². The molecule has 1 fully saturated rings. The predicted octanol–water partition coefficient (Wildman–Crippen LogP) is 2.74. The number of amides is 3. The Morgan fingerprint density at radius 1 is 1.31 bits per heavy atom. The van der Waals surface area contributed by atoms with E-state index in [-0.39, 0.29) is 17.7 Å². The number of hydrogen-bond donors (Lipinski definition) is 3. The minimum absolute atomic E-state index is 0.184. The number of nitrogens with one attached hydrogen (secondary N) is 3. The van der Waals surface area contributed by atoms with Crippen LogP contribution >= 0.6 is 0 Å². The van der Waals surface area contributed by atoms with Crippen LogP contribution < -0.4 is 10.6 Å². The second-order valence-electron chi connectivity index (χ2n) is 8.14. The molecule has 1 aromatic carbocycles. The van der Waals surface area contributed by atoms with Crippen LogP contribution in [-0.2, 0) is 9.59 Å². The summed E-state index contributed by atoms with van der Waals surface area (Å²) in [5.41, 5.74) is 4.95. The number of H-pyrrole nitrogens is 1. The smallest absolute Gasteiger partial charge is 0.256 e. The van der Waals surface area contributed by atoms with Gasteiger partial charge in [-0.25, -0.2) is 0 Å². The van der Waals surface area contributed by atoms with E-state index in [0.717, 1.165) is 18.5 Å². The van der Waals surface area contributed by atoms with Crippen LogP contribution in [0.15, 0.2) is 18.2 Å². The fraction of sp³-hybridized carbons (Fsp3) is 0.333. The van der Waals surface area contributed by atoms with E-state index in [9.17, 15) is 19.6 Å². The first-order chi connectivity index (χ1) is 15.4. The minimum atomic E-state index is -0.246. The number of likely N-dealkylation sites (tertiary alicyclic amines) is 1. The molecule has 2 aliphatic rings. The summed E-state index contributed by atoms with van der Waals surface area (Å²) in [7, 11) is 0. The van der Waals surface area contributed by atoms with Crippen molar-refractivity contribution in [2.45, 2.75) is 33.1 Å². The number of aromatic amines is 1. The van der Waals surface area contributed by atoms with Crippen LogP contribution in [0.1, 0.15) is 57.7 Å². The zero-order valence-corrected chi connectivity index (χ0v) is 18.2. The van der Waals surface area contributed by atoms with Gasteiger partial charge in [0.05, 0.1) is 22.8 Å². The van der Waals surface area contributed by atoms with Crippen LogP contribution in [0, 0.1) is 25.2 Å². The van der Waals surface area contributed by atoms with Crippen molar-refractivity contribution in [1.29, 1.82) is 5.26 Å². The standard InChI is InChI=1S/C24H25N5O3/c1-14-20(12-18-17-11-16(13-25)6-7-19(17)28-23(18)31)27-15(2)22(14)24(32)26-8-4-10-29-9-3-5-21(29)30/h6-7,11-12,27H,3-5,8-10H2,1-2H3,(H,26,32)(H,28,31). The average Bonchev–Trinajstić information content (AvgIpc) is 3.40. The molecule has 0 unspecified atom stereocenters. The molecule has 0 radical (unpaired) electrons. The van der Waals surface area contributed by atoms with Gasteiger partial charge in [0, 0.05) is 48.7 Å². The molecule has 4 rings (SSSR count). The Morgan fingerprint density at radius 3 is 2.84 bits per heavy atom. The molecule has 3 N–H and O–H groups in total. The number of carbonyl (C=O) groups is 3. The first-order valence-electron chi connectivity index (χ1n) is 10.7. The highest BCUT2D eigenvalue weighted by Crippen LogP contribution is 2.34. The lowest BCUT2D eigenvalue weighted by Gasteiger charge is -2.15. The summed E-state index contributed by atoms with van der Waals surface area (Å²) < 4.78 is 0. The first kappa shape index (κ1) is 21.4. The van der Waals surface area contributed by atoms with Crippen molar-refractivity contribution in [1.82, 2.24) is 15.2 Å². The summed E-state index contributed by atoms with van der Waals surface area (Å²) in [6.07, 6.45) is 3.95. The predicted molar refractivity (Wildman–Crippen MR) is 121 cm³/mol. The third-order valence-corrected chi connectivity index (χ3v) is 5.99. The largest absolute Gasteiger partial charge is 0.358 e. The highest BCUT2D eigenvalue weighted by molar-refractivity contribution is 6.35. The molecule has 0 atom stereocenters. The Labute approximate surface area is 186 Å². The topological polar surface area (TPSA) is 118 Å². The van der Waals surface area contributed by atoms with E-state index in [2.05, 4.69) is 21.7 Å². The number of hydrogen-bond acceptors (Lipinski definition) is 4. The van der Waals surface area contributed by atoms with Gasteiger partial charge in [-0.1, -0.05) is 0 Å². The highest BCUT2D eigenvalue weighted by atomic mass is 16.2. The van der Waals surface area contributed by atoms with Gasteiger partial charge in [-0.15, -0.1) is 0 Å². The minimum Gasteiger partial charge on any atom is -0.358 e. The summed E-state index contributed by atoms with van der Waals surface area (Å²) in [6.45, 7) is 5.60. The average molecular weight is 431 g/mol. The Hall–Kier alpha value is -3.86. The number of benzene rings is 1. The third-order valence-electron chi connectivity index (χ3n) is 5.99. The second-order valence-corrected chi connectivity index (χ2v) is 8.14. The van der Waals surface area contributed by atoms with Crippen molar-refractivity contribution >= 4 is 35.1 Å². The normalized spacial score (nSPS) is 16.3. The summed E-state index contributed by atoms with van der Waals surface area (Å²) >= 11 is 0. The van der Waals surface area contributed by atoms with Crippen LogP contribution in [0.5, 0.6) is 0 Å². The Morgan fingerprint density at radius 2 is 2.12 bits per heavy atom. The molecule has 2 aromatic rings. The monoisotopic (exact) mass is 431 g/mol. The van der Waals surface area contributed by atoms with Gasteiger partial charge >= 0.3 is 0 Å². The molecule has 0 spiro atoms. The number of rotatable bonds is 6. The number of anilines is 1. The zero-order valence-electron chi connectivity index (χ0n) is 18.2. The molecule has 3 amide bonds. The van der Waals surface area contributed by atoms with E-state index in [1.165, 1.54) is 0 Å². The molecule has 2 aliphatic heterocycles. The van der Waals surface area contributed by atoms with Crippen LogP contribution in [0.4, 0.5) is 5.69 Å². The molecule has 0 aliphatic carbocycles. The van der Waals surface area contributed by atoms with Crippen molar-refractivity contribution in [2.75, 3.05) is 25.0 Å². The molecule has 8 heteroatoms. The number of nitriles is 1. The van der Waals surface area contributed by atoms with Crippen molar-refractivity contribution < 1.29 is 14.4 Å². The number of nitrogens with zero attached hydrogens (tertiary/aromatic N) is 2. The molecule has 3 heterocycles. The molecule has 8 nitrogen and oxygen atoms in total. The van der Waals surface area contributed by atoms with Gasteiger partial charge < -0.3 is 20.5 Å². The van der Waals surface area contributed by atoms with E-state index in [1.54, 1.807) is 24.3 Å². The number of aromatic nitrogens is 1. The van der Waals surface area contributed by atoms with Crippen LogP contribution in [-0.4, -0.2) is 47.2 Å². The summed E-state index contributed by atoms with van der Waals surface area (Å²) in [6, 6.07) is 7.15. The van der Waals surface area contributed by atoms with Crippen molar-refractivity contribution in [3.8, 4) is 6.07 Å². The van der Waals surface area contributed by atoms with Crippen LogP contribution in [0.25, 0.3) is 11.6 Å². The first-order valence-corrected chi connectivity index (χ1v) is 10.7. The maximum Gasteiger partial charge on any atom is 0.256 e. The number of carbonyl (C=O) groups excluding carboxylic acids is 3. The molecule has 1 aromatic heterocycles. The molecule has 32 heavy (non-hydrogen) atoms. The van der Waals surface area contributed by atoms with Gasteiger partial charge in [0.2, 0.25) is 5.91 Å². The number of fused-ring (bicyclic) bond motifs is 1. The third kappa shape index (κ3) is 4.02. The summed E-state index contributed by atoms with van der Waals surface area (Å²) in [5.74, 6) is -0.244. The fourth-order valence-corrected chi connectivity index (χ4v) is 4.31. The van der Waals surface area contributed by atoms with Gasteiger partial charge in [0.25, 0.3) is 11.8 Å². The SMILES string of the molecule is Cc1[nH]c(C=C2C(=O)Nc3ccc(C#N)cc32)c(C)c1C(=O)NCCCN1CCCC1=O. The lowest BCUT2D eigenvalue weighted by molar-refractivity contribution is -0.127. The van der Waals surface area contributed by atoms with Crippen LogP contribution in [0.3, 0.4) is 0 Å². The van der Waals surface area contributed by atoms with E-state index in [1.807, 2.05) is 18.7 Å². The van der Waals surface area contributed by atoms with Gasteiger partial charge in [0.1, 0.15) is 0 Å². The Kier molecular flexibility index (Phi) is 5.82. The van der Waals surface area contributed by atoms with Crippen molar-refractivity contribution in [2.24, 2.45) is 0 Å². The lowest BCUT2D eigenvalue weighted by atomic mass is 10.0.